The molecule has 2 unspecified atom stereocenters. The molecule has 2 heterocycles. The molecule has 6 heteroatoms. The van der Waals surface area contributed by atoms with Crippen LogP contribution in [0.15, 0.2) is 22.7 Å². The van der Waals surface area contributed by atoms with Gasteiger partial charge in [-0.2, -0.15) is 0 Å². The van der Waals surface area contributed by atoms with E-state index >= 15 is 0 Å². The zero-order valence-corrected chi connectivity index (χ0v) is 14.0. The molecule has 3 N–H and O–H groups in total. The maximum atomic E-state index is 11.5. The highest BCUT2D eigenvalue weighted by Crippen LogP contribution is 2.33. The van der Waals surface area contributed by atoms with Crippen molar-refractivity contribution in [2.75, 3.05) is 18.0 Å². The number of amides is 1. The van der Waals surface area contributed by atoms with Crippen molar-refractivity contribution in [1.29, 1.82) is 0 Å². The predicted molar refractivity (Wildman–Crippen MR) is 91.5 cm³/mol. The Labute approximate surface area is 138 Å². The lowest BCUT2D eigenvalue weighted by Gasteiger charge is -2.42. The van der Waals surface area contributed by atoms with Crippen LogP contribution in [0.2, 0.25) is 0 Å². The van der Waals surface area contributed by atoms with E-state index < -0.39 is 0 Å². The van der Waals surface area contributed by atoms with Gasteiger partial charge in [-0.25, -0.2) is 0 Å². The fourth-order valence-corrected chi connectivity index (χ4v) is 4.00. The summed E-state index contributed by atoms with van der Waals surface area (Å²) in [7, 11) is 0. The third-order valence-corrected chi connectivity index (χ3v) is 5.27. The van der Waals surface area contributed by atoms with Crippen molar-refractivity contribution >= 4 is 44.7 Å². The molecule has 2 aliphatic heterocycles. The average Bonchev–Trinajstić information content (AvgIpc) is 2.46. The number of rotatable bonds is 2. The van der Waals surface area contributed by atoms with Crippen LogP contribution in [-0.2, 0) is 4.79 Å². The summed E-state index contributed by atoms with van der Waals surface area (Å²) in [4.78, 5) is 14.3. The number of nitrogens with two attached hydrogens (primary N) is 1. The van der Waals surface area contributed by atoms with Crippen LogP contribution in [0.3, 0.4) is 0 Å². The Bertz CT molecular complexity index is 592. The Kier molecular flexibility index (Phi) is 4.17. The summed E-state index contributed by atoms with van der Waals surface area (Å²) < 4.78 is 1.02. The van der Waals surface area contributed by atoms with Gasteiger partial charge in [-0.3, -0.25) is 4.79 Å². The third kappa shape index (κ3) is 3.06. The molecule has 1 aromatic carbocycles. The molecular weight excluding hydrogens is 350 g/mol. The Morgan fingerprint density at radius 3 is 2.95 bits per heavy atom. The van der Waals surface area contributed by atoms with Crippen LogP contribution >= 0.6 is 28.1 Å². The average molecular weight is 368 g/mol. The number of nitrogens with zero attached hydrogens (tertiary/aromatic N) is 1. The number of carbonyl (C=O) groups is 1. The van der Waals surface area contributed by atoms with Crippen molar-refractivity contribution in [2.24, 2.45) is 11.7 Å². The Balaban J connectivity index is 1.76. The highest BCUT2D eigenvalue weighted by Gasteiger charge is 2.34. The van der Waals surface area contributed by atoms with Crippen molar-refractivity contribution in [3.05, 3.63) is 28.2 Å². The predicted octanol–water partition coefficient (Wildman–Crippen LogP) is 2.19. The van der Waals surface area contributed by atoms with E-state index in [4.69, 9.17) is 18.0 Å². The summed E-state index contributed by atoms with van der Waals surface area (Å²) in [5.41, 5.74) is 7.72. The van der Waals surface area contributed by atoms with Crippen LogP contribution < -0.4 is 16.0 Å². The molecule has 4 nitrogen and oxygen atoms in total. The Morgan fingerprint density at radius 1 is 1.43 bits per heavy atom. The Hall–Kier alpha value is -1.14. The highest BCUT2D eigenvalue weighted by atomic mass is 79.9. The molecule has 3 rings (SSSR count). The van der Waals surface area contributed by atoms with Gasteiger partial charge in [0, 0.05) is 35.6 Å². The number of halogens is 1. The van der Waals surface area contributed by atoms with Crippen LogP contribution in [-0.4, -0.2) is 30.0 Å². The summed E-state index contributed by atoms with van der Waals surface area (Å²) >= 11 is 8.63. The van der Waals surface area contributed by atoms with E-state index in [1.165, 1.54) is 5.69 Å². The van der Waals surface area contributed by atoms with Crippen LogP contribution in [0.5, 0.6) is 0 Å². The van der Waals surface area contributed by atoms with E-state index in [1.807, 2.05) is 12.1 Å². The van der Waals surface area contributed by atoms with Gasteiger partial charge in [-0.05, 0) is 52.9 Å². The van der Waals surface area contributed by atoms with Gasteiger partial charge in [-0.1, -0.05) is 12.2 Å². The molecule has 21 heavy (non-hydrogen) atoms. The second kappa shape index (κ2) is 5.93. The first kappa shape index (κ1) is 14.8. The molecule has 1 amide bonds. The van der Waals surface area contributed by atoms with Crippen molar-refractivity contribution in [2.45, 2.75) is 25.3 Å². The minimum Gasteiger partial charge on any atom is -0.389 e. The number of anilines is 1. The minimum absolute atomic E-state index is 0.201. The van der Waals surface area contributed by atoms with Crippen molar-refractivity contribution < 1.29 is 4.79 Å². The molecule has 0 aliphatic carbocycles. The zero-order valence-electron chi connectivity index (χ0n) is 11.6. The maximum Gasteiger partial charge on any atom is 0.220 e. The van der Waals surface area contributed by atoms with Gasteiger partial charge in [0.2, 0.25) is 5.91 Å². The molecule has 2 aliphatic rings. The lowest BCUT2D eigenvalue weighted by atomic mass is 9.85. The van der Waals surface area contributed by atoms with Crippen molar-refractivity contribution in [3.8, 4) is 0 Å². The van der Waals surface area contributed by atoms with Crippen LogP contribution in [0, 0.1) is 5.92 Å². The topological polar surface area (TPSA) is 58.4 Å². The van der Waals surface area contributed by atoms with Crippen LogP contribution in [0.25, 0.3) is 0 Å². The fourth-order valence-electron chi connectivity index (χ4n) is 3.25. The smallest absolute Gasteiger partial charge is 0.220 e. The van der Waals surface area contributed by atoms with Crippen LogP contribution in [0.1, 0.15) is 24.8 Å². The van der Waals surface area contributed by atoms with Gasteiger partial charge in [0.1, 0.15) is 4.99 Å². The summed E-state index contributed by atoms with van der Waals surface area (Å²) in [6.45, 7) is 1.93. The van der Waals surface area contributed by atoms with E-state index in [9.17, 15) is 4.79 Å². The summed E-state index contributed by atoms with van der Waals surface area (Å²) in [5, 5.41) is 3.12. The third-order valence-electron chi connectivity index (χ3n) is 4.40. The lowest BCUT2D eigenvalue weighted by molar-refractivity contribution is -0.124. The maximum absolute atomic E-state index is 11.5. The van der Waals surface area contributed by atoms with Crippen LogP contribution in [0.4, 0.5) is 5.69 Å². The molecule has 2 saturated heterocycles. The number of benzene rings is 1. The van der Waals surface area contributed by atoms with E-state index in [-0.39, 0.29) is 5.91 Å². The first-order valence-corrected chi connectivity index (χ1v) is 8.38. The molecule has 2 atom stereocenters. The second-order valence-corrected chi connectivity index (χ2v) is 7.03. The van der Waals surface area contributed by atoms with Crippen molar-refractivity contribution in [3.63, 3.8) is 0 Å². The molecule has 0 radical (unpaired) electrons. The van der Waals surface area contributed by atoms with E-state index in [0.29, 0.717) is 23.4 Å². The molecule has 112 valence electrons. The second-order valence-electron chi connectivity index (χ2n) is 5.74. The molecule has 0 saturated carbocycles. The monoisotopic (exact) mass is 367 g/mol. The number of thiocarbonyl (C=S) groups is 1. The normalized spacial score (nSPS) is 25.2. The minimum atomic E-state index is 0.201. The quantitative estimate of drug-likeness (QED) is 0.786. The summed E-state index contributed by atoms with van der Waals surface area (Å²) in [6.07, 6.45) is 2.63. The first-order valence-electron chi connectivity index (χ1n) is 7.18. The highest BCUT2D eigenvalue weighted by molar-refractivity contribution is 9.10. The van der Waals surface area contributed by atoms with E-state index in [1.54, 1.807) is 0 Å². The number of nitrogens with one attached hydrogen (secondary N) is 1. The number of hydrogen-bond donors (Lipinski definition) is 2. The van der Waals surface area contributed by atoms with E-state index in [2.05, 4.69) is 32.2 Å². The van der Waals surface area contributed by atoms with Gasteiger partial charge >= 0.3 is 0 Å². The molecule has 0 bridgehead atoms. The van der Waals surface area contributed by atoms with Gasteiger partial charge in [0.15, 0.2) is 0 Å². The van der Waals surface area contributed by atoms with E-state index in [0.717, 1.165) is 36.0 Å². The molecule has 0 aromatic heterocycles. The van der Waals surface area contributed by atoms with Crippen molar-refractivity contribution in [1.82, 2.24) is 5.32 Å². The lowest BCUT2D eigenvalue weighted by Crippen LogP contribution is -2.54. The zero-order chi connectivity index (χ0) is 15.0. The number of fused-ring (bicyclic) bond motifs is 1. The molecule has 2 fully saturated rings. The number of piperidine rings is 2. The SMILES string of the molecule is NC(=S)c1ccc(N2CCC3NC(=O)CCC3C2)c(Br)c1. The summed E-state index contributed by atoms with van der Waals surface area (Å²) in [6, 6.07) is 6.36. The number of carbonyl (C=O) groups excluding carboxylic acids is 1. The molecule has 1 aromatic rings. The van der Waals surface area contributed by atoms with Gasteiger partial charge in [0.05, 0.1) is 5.69 Å². The largest absolute Gasteiger partial charge is 0.389 e. The van der Waals surface area contributed by atoms with Gasteiger partial charge in [-0.15, -0.1) is 0 Å². The summed E-state index contributed by atoms with van der Waals surface area (Å²) in [5.74, 6) is 0.741. The fraction of sp³-hybridized carbons (Fsp3) is 0.467. The molecular formula is C15H18BrN3OS. The molecule has 0 spiro atoms. The standard InChI is InChI=1S/C15H18BrN3OS/c16-11-7-9(15(17)21)1-3-13(11)19-6-5-12-10(8-19)2-4-14(20)18-12/h1,3,7,10,12H,2,4-6,8H2,(H2,17,21)(H,18,20). The number of hydrogen-bond acceptors (Lipinski definition) is 3. The van der Waals surface area contributed by atoms with Gasteiger partial charge < -0.3 is 16.0 Å². The first-order chi connectivity index (χ1) is 10.0. The van der Waals surface area contributed by atoms with Gasteiger partial charge in [0.25, 0.3) is 0 Å². The Morgan fingerprint density at radius 2 is 2.24 bits per heavy atom.